The highest BCUT2D eigenvalue weighted by molar-refractivity contribution is 5.71. The van der Waals surface area contributed by atoms with E-state index in [1.165, 1.54) is 0 Å². The average molecular weight is 345 g/mol. The highest BCUT2D eigenvalue weighted by atomic mass is 16.5. The maximum absolute atomic E-state index is 5.46. The molecule has 130 valence electrons. The zero-order valence-electron chi connectivity index (χ0n) is 14.7. The molecular weight excluding hydrogens is 326 g/mol. The molecule has 0 aliphatic carbocycles. The monoisotopic (exact) mass is 345 g/mol. The SMILES string of the molecule is COc1ccccc1-c1cc2nc(C)cc(NCc3ccccn3)n2n1. The van der Waals surface area contributed by atoms with Gasteiger partial charge in [0.15, 0.2) is 5.65 Å². The van der Waals surface area contributed by atoms with Crippen LogP contribution in [0.4, 0.5) is 5.82 Å². The van der Waals surface area contributed by atoms with Gasteiger partial charge in [-0.05, 0) is 31.2 Å². The summed E-state index contributed by atoms with van der Waals surface area (Å²) in [7, 11) is 1.66. The van der Waals surface area contributed by atoms with E-state index >= 15 is 0 Å². The maximum Gasteiger partial charge on any atom is 0.158 e. The second-order valence-electron chi connectivity index (χ2n) is 5.96. The van der Waals surface area contributed by atoms with E-state index in [0.29, 0.717) is 6.54 Å². The van der Waals surface area contributed by atoms with Gasteiger partial charge in [-0.25, -0.2) is 4.98 Å². The van der Waals surface area contributed by atoms with Crippen LogP contribution < -0.4 is 10.1 Å². The summed E-state index contributed by atoms with van der Waals surface area (Å²) in [6.45, 7) is 2.59. The fourth-order valence-electron chi connectivity index (χ4n) is 2.90. The van der Waals surface area contributed by atoms with Crippen LogP contribution >= 0.6 is 0 Å². The highest BCUT2D eigenvalue weighted by Crippen LogP contribution is 2.29. The van der Waals surface area contributed by atoms with Gasteiger partial charge in [-0.1, -0.05) is 18.2 Å². The Balaban J connectivity index is 1.73. The van der Waals surface area contributed by atoms with E-state index in [0.717, 1.165) is 39.9 Å². The number of aryl methyl sites for hydroxylation is 1. The number of nitrogens with zero attached hydrogens (tertiary/aromatic N) is 4. The number of hydrogen-bond donors (Lipinski definition) is 1. The van der Waals surface area contributed by atoms with Crippen molar-refractivity contribution in [2.45, 2.75) is 13.5 Å². The summed E-state index contributed by atoms with van der Waals surface area (Å²) in [5.41, 5.74) is 4.43. The lowest BCUT2D eigenvalue weighted by Crippen LogP contribution is -2.07. The number of methoxy groups -OCH3 is 1. The summed E-state index contributed by atoms with van der Waals surface area (Å²) >= 11 is 0. The van der Waals surface area contributed by atoms with Gasteiger partial charge in [0.25, 0.3) is 0 Å². The molecule has 3 aromatic heterocycles. The van der Waals surface area contributed by atoms with Gasteiger partial charge in [0.05, 0.1) is 25.0 Å². The quantitative estimate of drug-likeness (QED) is 0.597. The van der Waals surface area contributed by atoms with Gasteiger partial charge in [-0.15, -0.1) is 0 Å². The van der Waals surface area contributed by atoms with Gasteiger partial charge >= 0.3 is 0 Å². The zero-order chi connectivity index (χ0) is 17.9. The molecule has 6 heteroatoms. The molecule has 0 saturated carbocycles. The van der Waals surface area contributed by atoms with Crippen LogP contribution in [0.5, 0.6) is 5.75 Å². The van der Waals surface area contributed by atoms with Gasteiger partial charge < -0.3 is 10.1 Å². The number of para-hydroxylation sites is 1. The number of hydrogen-bond acceptors (Lipinski definition) is 5. The first-order valence-electron chi connectivity index (χ1n) is 8.39. The molecule has 6 nitrogen and oxygen atoms in total. The molecule has 0 spiro atoms. The van der Waals surface area contributed by atoms with Crippen molar-refractivity contribution in [2.75, 3.05) is 12.4 Å². The third kappa shape index (κ3) is 3.09. The Bertz CT molecular complexity index is 1040. The predicted octanol–water partition coefficient (Wildman–Crippen LogP) is 3.72. The third-order valence-corrected chi connectivity index (χ3v) is 4.11. The molecule has 0 radical (unpaired) electrons. The van der Waals surface area contributed by atoms with Gasteiger partial charge in [0.1, 0.15) is 11.6 Å². The lowest BCUT2D eigenvalue weighted by atomic mass is 10.1. The Kier molecular flexibility index (Phi) is 4.23. The number of nitrogens with one attached hydrogen (secondary N) is 1. The smallest absolute Gasteiger partial charge is 0.158 e. The number of benzene rings is 1. The predicted molar refractivity (Wildman–Crippen MR) is 101 cm³/mol. The normalized spacial score (nSPS) is 10.8. The molecule has 0 unspecified atom stereocenters. The van der Waals surface area contributed by atoms with Crippen LogP contribution in [0.25, 0.3) is 16.9 Å². The Morgan fingerprint density at radius 3 is 2.73 bits per heavy atom. The average Bonchev–Trinajstić information content (AvgIpc) is 3.10. The van der Waals surface area contributed by atoms with Gasteiger partial charge in [0.2, 0.25) is 0 Å². The summed E-state index contributed by atoms with van der Waals surface area (Å²) in [5.74, 6) is 1.66. The summed E-state index contributed by atoms with van der Waals surface area (Å²) < 4.78 is 7.28. The van der Waals surface area contributed by atoms with Crippen LogP contribution in [-0.4, -0.2) is 26.7 Å². The lowest BCUT2D eigenvalue weighted by Gasteiger charge is -2.09. The standard InChI is InChI=1S/C20H19N5O/c1-14-11-19(22-13-15-7-5-6-10-21-15)25-20(23-14)12-17(24-25)16-8-3-4-9-18(16)26-2/h3-12,22H,13H2,1-2H3. The van der Waals surface area contributed by atoms with Gasteiger partial charge in [0, 0.05) is 29.6 Å². The molecule has 0 fully saturated rings. The molecule has 1 aromatic carbocycles. The fourth-order valence-corrected chi connectivity index (χ4v) is 2.90. The number of ether oxygens (including phenoxy) is 1. The van der Waals surface area contributed by atoms with Crippen molar-refractivity contribution in [3.63, 3.8) is 0 Å². The molecule has 0 bridgehead atoms. The molecule has 4 aromatic rings. The number of aromatic nitrogens is 4. The van der Waals surface area contributed by atoms with Crippen LogP contribution in [0.15, 0.2) is 60.8 Å². The lowest BCUT2D eigenvalue weighted by molar-refractivity contribution is 0.416. The second-order valence-corrected chi connectivity index (χ2v) is 5.96. The van der Waals surface area contributed by atoms with Crippen molar-refractivity contribution in [3.05, 3.63) is 72.2 Å². The van der Waals surface area contributed by atoms with Crippen LogP contribution in [0.1, 0.15) is 11.4 Å². The van der Waals surface area contributed by atoms with E-state index in [-0.39, 0.29) is 0 Å². The zero-order valence-corrected chi connectivity index (χ0v) is 14.7. The molecule has 3 heterocycles. The van der Waals surface area contributed by atoms with Crippen molar-refractivity contribution in [1.82, 2.24) is 19.6 Å². The van der Waals surface area contributed by atoms with E-state index in [4.69, 9.17) is 9.84 Å². The largest absolute Gasteiger partial charge is 0.496 e. The number of fused-ring (bicyclic) bond motifs is 1. The van der Waals surface area contributed by atoms with Gasteiger partial charge in [-0.2, -0.15) is 9.61 Å². The summed E-state index contributed by atoms with van der Waals surface area (Å²) in [5, 5.41) is 8.14. The molecule has 0 atom stereocenters. The fraction of sp³-hybridized carbons (Fsp3) is 0.150. The summed E-state index contributed by atoms with van der Waals surface area (Å²) in [6.07, 6.45) is 1.79. The van der Waals surface area contributed by atoms with Crippen molar-refractivity contribution in [1.29, 1.82) is 0 Å². The molecule has 4 rings (SSSR count). The minimum Gasteiger partial charge on any atom is -0.496 e. The van der Waals surface area contributed by atoms with Crippen LogP contribution in [0.2, 0.25) is 0 Å². The Morgan fingerprint density at radius 2 is 1.92 bits per heavy atom. The summed E-state index contributed by atoms with van der Waals surface area (Å²) in [4.78, 5) is 8.94. The first-order chi connectivity index (χ1) is 12.7. The van der Waals surface area contributed by atoms with E-state index in [1.807, 2.05) is 66.0 Å². The highest BCUT2D eigenvalue weighted by Gasteiger charge is 2.13. The van der Waals surface area contributed by atoms with Crippen LogP contribution in [-0.2, 0) is 6.54 Å². The first-order valence-corrected chi connectivity index (χ1v) is 8.39. The molecule has 0 aliphatic rings. The van der Waals surface area contributed by atoms with Crippen molar-refractivity contribution in [2.24, 2.45) is 0 Å². The van der Waals surface area contributed by atoms with E-state index in [2.05, 4.69) is 15.3 Å². The minimum absolute atomic E-state index is 0.614. The molecule has 1 N–H and O–H groups in total. The van der Waals surface area contributed by atoms with Gasteiger partial charge in [-0.3, -0.25) is 4.98 Å². The Labute approximate surface area is 151 Å². The Morgan fingerprint density at radius 1 is 1.08 bits per heavy atom. The summed E-state index contributed by atoms with van der Waals surface area (Å²) in [6, 6.07) is 17.7. The number of pyridine rings is 1. The molecule has 0 amide bonds. The first kappa shape index (κ1) is 16.1. The van der Waals surface area contributed by atoms with E-state index < -0.39 is 0 Å². The van der Waals surface area contributed by atoms with Crippen LogP contribution in [0, 0.1) is 6.92 Å². The third-order valence-electron chi connectivity index (χ3n) is 4.11. The number of rotatable bonds is 5. The molecular formula is C20H19N5O. The topological polar surface area (TPSA) is 64.3 Å². The van der Waals surface area contributed by atoms with Crippen molar-refractivity contribution >= 4 is 11.5 Å². The van der Waals surface area contributed by atoms with Crippen LogP contribution in [0.3, 0.4) is 0 Å². The molecule has 0 aliphatic heterocycles. The van der Waals surface area contributed by atoms with E-state index in [1.54, 1.807) is 13.3 Å². The molecule has 26 heavy (non-hydrogen) atoms. The maximum atomic E-state index is 5.46. The number of anilines is 1. The van der Waals surface area contributed by atoms with E-state index in [9.17, 15) is 0 Å². The molecule has 0 saturated heterocycles. The van der Waals surface area contributed by atoms with Crippen molar-refractivity contribution < 1.29 is 4.74 Å². The van der Waals surface area contributed by atoms with Crippen molar-refractivity contribution in [3.8, 4) is 17.0 Å². The minimum atomic E-state index is 0.614. The second kappa shape index (κ2) is 6.84. The Hall–Kier alpha value is -3.41.